The number of rotatable bonds is 5. The third-order valence-corrected chi connectivity index (χ3v) is 5.60. The zero-order valence-corrected chi connectivity index (χ0v) is 13.3. The molecule has 1 fully saturated rings. The molecule has 0 saturated heterocycles. The molecule has 4 nitrogen and oxygen atoms in total. The molecule has 0 aliphatic heterocycles. The lowest BCUT2D eigenvalue weighted by molar-refractivity contribution is 0.498. The minimum Gasteiger partial charge on any atom is -0.326 e. The van der Waals surface area contributed by atoms with Gasteiger partial charge in [0.15, 0.2) is 0 Å². The maximum Gasteiger partial charge on any atom is 0.240 e. The Hall–Kier alpha value is -0.980. The smallest absolute Gasteiger partial charge is 0.240 e. The van der Waals surface area contributed by atoms with E-state index in [1.165, 1.54) is 12.1 Å². The van der Waals surface area contributed by atoms with Gasteiger partial charge < -0.3 is 5.73 Å². The number of halogens is 1. The summed E-state index contributed by atoms with van der Waals surface area (Å²) < 4.78 is 41.0. The van der Waals surface area contributed by atoms with E-state index in [2.05, 4.69) is 11.6 Å². The number of sulfonamides is 1. The molecule has 0 aromatic heterocycles. The van der Waals surface area contributed by atoms with Crippen LogP contribution >= 0.6 is 0 Å². The molecule has 1 saturated carbocycles. The van der Waals surface area contributed by atoms with Gasteiger partial charge in [-0.3, -0.25) is 0 Å². The van der Waals surface area contributed by atoms with Crippen molar-refractivity contribution in [3.8, 4) is 0 Å². The maximum absolute atomic E-state index is 13.7. The highest BCUT2D eigenvalue weighted by Gasteiger charge is 2.24. The van der Waals surface area contributed by atoms with Crippen LogP contribution in [-0.2, 0) is 16.6 Å². The summed E-state index contributed by atoms with van der Waals surface area (Å²) in [5.74, 6) is 0.628. The van der Waals surface area contributed by atoms with E-state index >= 15 is 0 Å². The average molecular weight is 314 g/mol. The zero-order valence-electron chi connectivity index (χ0n) is 12.5. The van der Waals surface area contributed by atoms with E-state index in [0.29, 0.717) is 23.9 Å². The number of aryl methyl sites for hydroxylation is 1. The van der Waals surface area contributed by atoms with Crippen molar-refractivity contribution in [2.45, 2.75) is 44.6 Å². The number of hydrogen-bond donors (Lipinski definition) is 2. The molecule has 0 spiro atoms. The van der Waals surface area contributed by atoms with Crippen molar-refractivity contribution in [1.29, 1.82) is 0 Å². The number of nitrogens with one attached hydrogen (secondary N) is 1. The lowest BCUT2D eigenvalue weighted by Crippen LogP contribution is -2.29. The third kappa shape index (κ3) is 3.81. The normalized spacial score (nSPS) is 22.7. The highest BCUT2D eigenvalue weighted by atomic mass is 32.2. The van der Waals surface area contributed by atoms with Crippen LogP contribution in [-0.4, -0.2) is 15.0 Å². The van der Waals surface area contributed by atoms with Crippen LogP contribution in [0.4, 0.5) is 4.39 Å². The Kier molecular flexibility index (Phi) is 5.01. The highest BCUT2D eigenvalue weighted by molar-refractivity contribution is 7.89. The van der Waals surface area contributed by atoms with E-state index in [1.54, 1.807) is 6.92 Å². The summed E-state index contributed by atoms with van der Waals surface area (Å²) in [4.78, 5) is 0.0906. The Labute approximate surface area is 126 Å². The summed E-state index contributed by atoms with van der Waals surface area (Å²) in [5, 5.41) is 0. The molecule has 1 aliphatic carbocycles. The first kappa shape index (κ1) is 16.4. The molecule has 1 aromatic rings. The fraction of sp³-hybridized carbons (Fsp3) is 0.600. The van der Waals surface area contributed by atoms with Gasteiger partial charge in [0.1, 0.15) is 5.82 Å². The molecule has 2 rings (SSSR count). The fourth-order valence-corrected chi connectivity index (χ4v) is 4.18. The molecule has 2 atom stereocenters. The Bertz CT molecular complexity index is 616. The van der Waals surface area contributed by atoms with E-state index in [-0.39, 0.29) is 17.0 Å². The molecule has 21 heavy (non-hydrogen) atoms. The Morgan fingerprint density at radius 2 is 2.10 bits per heavy atom. The monoisotopic (exact) mass is 314 g/mol. The molecular weight excluding hydrogens is 291 g/mol. The van der Waals surface area contributed by atoms with Gasteiger partial charge >= 0.3 is 0 Å². The van der Waals surface area contributed by atoms with Crippen LogP contribution in [0.3, 0.4) is 0 Å². The van der Waals surface area contributed by atoms with Gasteiger partial charge in [0.05, 0.1) is 4.90 Å². The predicted octanol–water partition coefficient (Wildman–Crippen LogP) is 2.31. The van der Waals surface area contributed by atoms with E-state index in [9.17, 15) is 12.8 Å². The lowest BCUT2D eigenvalue weighted by atomic mass is 10.1. The maximum atomic E-state index is 13.7. The molecule has 0 bridgehead atoms. The quantitative estimate of drug-likeness (QED) is 0.876. The van der Waals surface area contributed by atoms with Gasteiger partial charge in [-0.05, 0) is 49.3 Å². The average Bonchev–Trinajstić information content (AvgIpc) is 2.85. The SMILES string of the molecule is Cc1cc(S(=O)(=O)NCC2CCC(C)C2)cc(CN)c1F. The van der Waals surface area contributed by atoms with Crippen LogP contribution in [0, 0.1) is 24.6 Å². The van der Waals surface area contributed by atoms with Crippen molar-refractivity contribution >= 4 is 10.0 Å². The standard InChI is InChI=1S/C15H23FN2O2S/c1-10-3-4-12(5-10)9-18-21(19,20)14-6-11(2)15(16)13(7-14)8-17/h6-7,10,12,18H,3-5,8-9,17H2,1-2H3. The second-order valence-electron chi connectivity index (χ2n) is 6.05. The van der Waals surface area contributed by atoms with E-state index in [4.69, 9.17) is 5.73 Å². The van der Waals surface area contributed by atoms with Gasteiger partial charge in [-0.2, -0.15) is 0 Å². The number of hydrogen-bond acceptors (Lipinski definition) is 3. The summed E-state index contributed by atoms with van der Waals surface area (Å²) in [6, 6.07) is 2.68. The minimum atomic E-state index is -3.61. The number of benzene rings is 1. The molecule has 1 aromatic carbocycles. The first-order valence-corrected chi connectivity index (χ1v) is 8.80. The van der Waals surface area contributed by atoms with Crippen molar-refractivity contribution in [3.63, 3.8) is 0 Å². The van der Waals surface area contributed by atoms with Crippen LogP contribution in [0.1, 0.15) is 37.3 Å². The summed E-state index contributed by atoms with van der Waals surface area (Å²) >= 11 is 0. The first-order valence-electron chi connectivity index (χ1n) is 7.32. The van der Waals surface area contributed by atoms with Crippen molar-refractivity contribution in [3.05, 3.63) is 29.1 Å². The van der Waals surface area contributed by atoms with Gasteiger partial charge in [0.2, 0.25) is 10.0 Å². The summed E-state index contributed by atoms with van der Waals surface area (Å²) in [5.41, 5.74) is 5.99. The lowest BCUT2D eigenvalue weighted by Gasteiger charge is -2.13. The zero-order chi connectivity index (χ0) is 15.6. The van der Waals surface area contributed by atoms with Crippen LogP contribution in [0.5, 0.6) is 0 Å². The third-order valence-electron chi connectivity index (χ3n) is 4.20. The van der Waals surface area contributed by atoms with Crippen LogP contribution in [0.15, 0.2) is 17.0 Å². The van der Waals surface area contributed by atoms with E-state index in [1.807, 2.05) is 0 Å². The van der Waals surface area contributed by atoms with Gasteiger partial charge in [0.25, 0.3) is 0 Å². The highest BCUT2D eigenvalue weighted by Crippen LogP contribution is 2.30. The van der Waals surface area contributed by atoms with Gasteiger partial charge in [-0.1, -0.05) is 13.3 Å². The van der Waals surface area contributed by atoms with Crippen molar-refractivity contribution in [2.75, 3.05) is 6.54 Å². The second-order valence-corrected chi connectivity index (χ2v) is 7.82. The molecule has 1 aliphatic rings. The fourth-order valence-electron chi connectivity index (χ4n) is 2.93. The molecule has 118 valence electrons. The molecule has 0 amide bonds. The number of nitrogens with two attached hydrogens (primary N) is 1. The molecule has 3 N–H and O–H groups in total. The molecule has 0 heterocycles. The van der Waals surface area contributed by atoms with Gasteiger partial charge in [-0.25, -0.2) is 17.5 Å². The largest absolute Gasteiger partial charge is 0.326 e. The second kappa shape index (κ2) is 6.42. The predicted molar refractivity (Wildman–Crippen MR) is 80.7 cm³/mol. The molecule has 2 unspecified atom stereocenters. The van der Waals surface area contributed by atoms with Crippen molar-refractivity contribution in [2.24, 2.45) is 17.6 Å². The van der Waals surface area contributed by atoms with Gasteiger partial charge in [-0.15, -0.1) is 0 Å². The van der Waals surface area contributed by atoms with E-state index < -0.39 is 15.8 Å². The summed E-state index contributed by atoms with van der Waals surface area (Å²) in [6.45, 7) is 4.16. The Morgan fingerprint density at radius 1 is 1.38 bits per heavy atom. The molecular formula is C15H23FN2O2S. The van der Waals surface area contributed by atoms with Crippen LogP contribution in [0.25, 0.3) is 0 Å². The van der Waals surface area contributed by atoms with Crippen molar-refractivity contribution in [1.82, 2.24) is 4.72 Å². The van der Waals surface area contributed by atoms with Crippen molar-refractivity contribution < 1.29 is 12.8 Å². The minimum absolute atomic E-state index is 0.0177. The van der Waals surface area contributed by atoms with Crippen LogP contribution < -0.4 is 10.5 Å². The Balaban J connectivity index is 2.14. The van der Waals surface area contributed by atoms with E-state index in [0.717, 1.165) is 19.3 Å². The van der Waals surface area contributed by atoms with Crippen LogP contribution in [0.2, 0.25) is 0 Å². The topological polar surface area (TPSA) is 72.2 Å². The summed E-state index contributed by atoms with van der Waals surface area (Å²) in [7, 11) is -3.61. The molecule has 0 radical (unpaired) electrons. The first-order chi connectivity index (χ1) is 9.83. The molecule has 6 heteroatoms. The Morgan fingerprint density at radius 3 is 2.67 bits per heavy atom. The van der Waals surface area contributed by atoms with Gasteiger partial charge in [0, 0.05) is 18.7 Å². The summed E-state index contributed by atoms with van der Waals surface area (Å²) in [6.07, 6.45) is 3.26.